The van der Waals surface area contributed by atoms with E-state index in [1.165, 1.54) is 23.1 Å². The summed E-state index contributed by atoms with van der Waals surface area (Å²) in [4.78, 5) is 12.9. The number of hydrogen-bond acceptors (Lipinski definition) is 3. The molecule has 0 aromatic heterocycles. The lowest BCUT2D eigenvalue weighted by atomic mass is 10.2. The Hall–Kier alpha value is -1.54. The fourth-order valence-corrected chi connectivity index (χ4v) is 2.03. The van der Waals surface area contributed by atoms with Crippen molar-refractivity contribution in [1.82, 2.24) is 0 Å². The molecule has 1 unspecified atom stereocenters. The first-order valence-electron chi connectivity index (χ1n) is 4.80. The summed E-state index contributed by atoms with van der Waals surface area (Å²) in [6.45, 7) is 0.383. The average Bonchev–Trinajstić information content (AvgIpc) is 2.58. The molecule has 2 rings (SSSR count). The Labute approximate surface area is 97.9 Å². The normalized spacial score (nSPS) is 19.9. The molecule has 3 nitrogen and oxygen atoms in total. The summed E-state index contributed by atoms with van der Waals surface area (Å²) >= 11 is 4.19. The highest BCUT2D eigenvalue weighted by Crippen LogP contribution is 2.27. The Kier molecular flexibility index (Phi) is 2.84. The lowest BCUT2D eigenvalue weighted by Crippen LogP contribution is -2.25. The molecule has 0 N–H and O–H groups in total. The van der Waals surface area contributed by atoms with Crippen molar-refractivity contribution in [2.45, 2.75) is 11.7 Å². The SMILES string of the molecule is N#Cc1ccc(F)c(N2CC(S)CC2=O)c1. The Morgan fingerprint density at radius 1 is 1.56 bits per heavy atom. The molecule has 5 heteroatoms. The van der Waals surface area contributed by atoms with Gasteiger partial charge in [-0.25, -0.2) is 4.39 Å². The van der Waals surface area contributed by atoms with Crippen molar-refractivity contribution in [3.05, 3.63) is 29.6 Å². The summed E-state index contributed by atoms with van der Waals surface area (Å²) in [5, 5.41) is 8.65. The Morgan fingerprint density at radius 3 is 2.88 bits per heavy atom. The molecule has 1 aromatic carbocycles. The smallest absolute Gasteiger partial charge is 0.228 e. The van der Waals surface area contributed by atoms with E-state index in [9.17, 15) is 9.18 Å². The number of carbonyl (C=O) groups excluding carboxylic acids is 1. The number of nitrogens with zero attached hydrogens (tertiary/aromatic N) is 2. The van der Waals surface area contributed by atoms with Crippen LogP contribution < -0.4 is 4.90 Å². The highest BCUT2D eigenvalue weighted by molar-refractivity contribution is 7.81. The minimum absolute atomic E-state index is 0.0716. The van der Waals surface area contributed by atoms with Gasteiger partial charge in [0.05, 0.1) is 17.3 Å². The van der Waals surface area contributed by atoms with Crippen LogP contribution in [-0.2, 0) is 4.79 Å². The van der Waals surface area contributed by atoms with Gasteiger partial charge in [0.25, 0.3) is 0 Å². The fraction of sp³-hybridized carbons (Fsp3) is 0.273. The van der Waals surface area contributed by atoms with Crippen molar-refractivity contribution in [3.8, 4) is 6.07 Å². The second kappa shape index (κ2) is 4.14. The third kappa shape index (κ3) is 1.89. The lowest BCUT2D eigenvalue weighted by Gasteiger charge is -2.16. The van der Waals surface area contributed by atoms with E-state index in [1.54, 1.807) is 0 Å². The van der Waals surface area contributed by atoms with Gasteiger partial charge in [0.15, 0.2) is 0 Å². The Morgan fingerprint density at radius 2 is 2.31 bits per heavy atom. The molecule has 0 spiro atoms. The van der Waals surface area contributed by atoms with E-state index < -0.39 is 5.82 Å². The van der Waals surface area contributed by atoms with Gasteiger partial charge in [-0.05, 0) is 18.2 Å². The van der Waals surface area contributed by atoms with Crippen LogP contribution in [-0.4, -0.2) is 17.7 Å². The van der Waals surface area contributed by atoms with Crippen LogP contribution in [0.2, 0.25) is 0 Å². The monoisotopic (exact) mass is 236 g/mol. The van der Waals surface area contributed by atoms with Gasteiger partial charge in [0.2, 0.25) is 5.91 Å². The van der Waals surface area contributed by atoms with Crippen LogP contribution in [0.15, 0.2) is 18.2 Å². The highest BCUT2D eigenvalue weighted by Gasteiger charge is 2.30. The van der Waals surface area contributed by atoms with E-state index in [1.807, 2.05) is 6.07 Å². The number of amides is 1. The van der Waals surface area contributed by atoms with E-state index in [0.29, 0.717) is 18.5 Å². The van der Waals surface area contributed by atoms with Crippen LogP contribution in [0.25, 0.3) is 0 Å². The second-order valence-corrected chi connectivity index (χ2v) is 4.37. The first-order valence-corrected chi connectivity index (χ1v) is 5.31. The van der Waals surface area contributed by atoms with Crippen molar-refractivity contribution in [1.29, 1.82) is 5.26 Å². The number of rotatable bonds is 1. The fourth-order valence-electron chi connectivity index (χ4n) is 1.71. The number of hydrogen-bond donors (Lipinski definition) is 1. The van der Waals surface area contributed by atoms with E-state index in [-0.39, 0.29) is 16.8 Å². The minimum Gasteiger partial charge on any atom is -0.308 e. The molecule has 0 bridgehead atoms. The molecule has 1 amide bonds. The third-order valence-electron chi connectivity index (χ3n) is 2.47. The zero-order valence-corrected chi connectivity index (χ0v) is 9.25. The zero-order chi connectivity index (χ0) is 11.7. The molecule has 1 saturated heterocycles. The lowest BCUT2D eigenvalue weighted by molar-refractivity contribution is -0.117. The number of anilines is 1. The predicted molar refractivity (Wildman–Crippen MR) is 60.9 cm³/mol. The highest BCUT2D eigenvalue weighted by atomic mass is 32.1. The summed E-state index contributed by atoms with van der Waals surface area (Å²) in [7, 11) is 0. The number of carbonyl (C=O) groups is 1. The van der Waals surface area contributed by atoms with Crippen molar-refractivity contribution >= 4 is 24.2 Å². The molecule has 0 saturated carbocycles. The molecule has 1 heterocycles. The zero-order valence-electron chi connectivity index (χ0n) is 8.35. The van der Waals surface area contributed by atoms with Crippen LogP contribution >= 0.6 is 12.6 Å². The van der Waals surface area contributed by atoms with E-state index in [2.05, 4.69) is 12.6 Å². The van der Waals surface area contributed by atoms with Crippen molar-refractivity contribution in [3.63, 3.8) is 0 Å². The number of nitriles is 1. The molecule has 1 fully saturated rings. The summed E-state index contributed by atoms with van der Waals surface area (Å²) in [5.41, 5.74) is 0.507. The molecule has 82 valence electrons. The van der Waals surface area contributed by atoms with Gasteiger partial charge in [-0.3, -0.25) is 4.79 Å². The van der Waals surface area contributed by atoms with Crippen LogP contribution in [0.1, 0.15) is 12.0 Å². The summed E-state index contributed by atoms with van der Waals surface area (Å²) < 4.78 is 13.5. The molecule has 1 aliphatic heterocycles. The third-order valence-corrected chi connectivity index (χ3v) is 2.82. The van der Waals surface area contributed by atoms with Crippen LogP contribution in [0.3, 0.4) is 0 Å². The number of halogens is 1. The van der Waals surface area contributed by atoms with Crippen molar-refractivity contribution < 1.29 is 9.18 Å². The molecule has 16 heavy (non-hydrogen) atoms. The number of benzene rings is 1. The molecular weight excluding hydrogens is 227 g/mol. The summed E-state index contributed by atoms with van der Waals surface area (Å²) in [5.74, 6) is -0.649. The molecule has 1 aliphatic rings. The van der Waals surface area contributed by atoms with Gasteiger partial charge in [0, 0.05) is 18.2 Å². The molecule has 0 aliphatic carbocycles. The van der Waals surface area contributed by atoms with Gasteiger partial charge in [-0.15, -0.1) is 0 Å². The maximum Gasteiger partial charge on any atom is 0.228 e. The first-order chi connectivity index (χ1) is 7.61. The van der Waals surface area contributed by atoms with E-state index in [4.69, 9.17) is 5.26 Å². The van der Waals surface area contributed by atoms with Gasteiger partial charge in [-0.2, -0.15) is 17.9 Å². The first kappa shape index (κ1) is 11.0. The van der Waals surface area contributed by atoms with E-state index in [0.717, 1.165) is 0 Å². The summed E-state index contributed by atoms with van der Waals surface area (Å²) in [6.07, 6.45) is 0.305. The Bertz CT molecular complexity index is 483. The maximum atomic E-state index is 13.5. The van der Waals surface area contributed by atoms with Crippen LogP contribution in [0.4, 0.5) is 10.1 Å². The van der Waals surface area contributed by atoms with Gasteiger partial charge in [-0.1, -0.05) is 0 Å². The van der Waals surface area contributed by atoms with Crippen LogP contribution in [0, 0.1) is 17.1 Å². The predicted octanol–water partition coefficient (Wildman–Crippen LogP) is 1.73. The summed E-state index contributed by atoms with van der Waals surface area (Å²) in [6, 6.07) is 5.90. The average molecular weight is 236 g/mol. The Balaban J connectivity index is 2.40. The van der Waals surface area contributed by atoms with Crippen molar-refractivity contribution in [2.24, 2.45) is 0 Å². The second-order valence-electron chi connectivity index (χ2n) is 3.64. The number of thiol groups is 1. The van der Waals surface area contributed by atoms with E-state index >= 15 is 0 Å². The minimum atomic E-state index is -0.491. The molecular formula is C11H9FN2OS. The van der Waals surface area contributed by atoms with Crippen LogP contribution in [0.5, 0.6) is 0 Å². The van der Waals surface area contributed by atoms with Gasteiger partial charge < -0.3 is 4.90 Å². The topological polar surface area (TPSA) is 44.1 Å². The maximum absolute atomic E-state index is 13.5. The largest absolute Gasteiger partial charge is 0.308 e. The van der Waals surface area contributed by atoms with Gasteiger partial charge >= 0.3 is 0 Å². The standard InChI is InChI=1S/C11H9FN2OS/c12-9-2-1-7(5-13)3-10(9)14-6-8(16)4-11(14)15/h1-3,8,16H,4,6H2. The molecule has 0 radical (unpaired) electrons. The quantitative estimate of drug-likeness (QED) is 0.755. The molecule has 1 aromatic rings. The van der Waals surface area contributed by atoms with Gasteiger partial charge in [0.1, 0.15) is 5.82 Å². The van der Waals surface area contributed by atoms with Crippen molar-refractivity contribution in [2.75, 3.05) is 11.4 Å². The molecule has 1 atom stereocenters.